The number of carboxylic acids is 1. The third-order valence-electron chi connectivity index (χ3n) is 3.76. The van der Waals surface area contributed by atoms with Crippen molar-refractivity contribution in [1.29, 1.82) is 0 Å². The van der Waals surface area contributed by atoms with E-state index < -0.39 is 17.6 Å². The molecule has 0 aromatic heterocycles. The SMILES string of the molecule is CCCC1CCN(c2c(F)cc(/C=C/C(=O)O)cc2F)C1. The molecule has 0 spiro atoms. The first-order valence-electron chi connectivity index (χ1n) is 7.16. The number of benzene rings is 1. The first kappa shape index (κ1) is 15.5. The van der Waals surface area contributed by atoms with Crippen LogP contribution in [0.4, 0.5) is 14.5 Å². The van der Waals surface area contributed by atoms with Gasteiger partial charge in [0.2, 0.25) is 0 Å². The largest absolute Gasteiger partial charge is 0.478 e. The normalized spacial score (nSPS) is 18.6. The van der Waals surface area contributed by atoms with Gasteiger partial charge in [0, 0.05) is 19.2 Å². The van der Waals surface area contributed by atoms with Crippen molar-refractivity contribution in [1.82, 2.24) is 0 Å². The van der Waals surface area contributed by atoms with Crippen LogP contribution in [0.25, 0.3) is 6.08 Å². The van der Waals surface area contributed by atoms with Crippen LogP contribution in [0.5, 0.6) is 0 Å². The van der Waals surface area contributed by atoms with Gasteiger partial charge in [0.1, 0.15) is 17.3 Å². The second-order valence-corrected chi connectivity index (χ2v) is 5.39. The first-order valence-corrected chi connectivity index (χ1v) is 7.16. The second-order valence-electron chi connectivity index (χ2n) is 5.39. The summed E-state index contributed by atoms with van der Waals surface area (Å²) in [4.78, 5) is 12.2. The van der Waals surface area contributed by atoms with Crippen LogP contribution >= 0.6 is 0 Å². The second kappa shape index (κ2) is 6.70. The van der Waals surface area contributed by atoms with Gasteiger partial charge in [-0.2, -0.15) is 0 Å². The van der Waals surface area contributed by atoms with Gasteiger partial charge >= 0.3 is 5.97 Å². The summed E-state index contributed by atoms with van der Waals surface area (Å²) in [6.45, 7) is 3.43. The number of anilines is 1. The lowest BCUT2D eigenvalue weighted by Gasteiger charge is -2.20. The standard InChI is InChI=1S/C16H19F2NO2/c1-2-3-11-6-7-19(10-11)16-13(17)8-12(9-14(16)18)4-5-15(20)21/h4-5,8-9,11H,2-3,6-7,10H2,1H3,(H,20,21)/b5-4+. The predicted octanol–water partition coefficient (Wildman–Crippen LogP) is 3.69. The van der Waals surface area contributed by atoms with Crippen LogP contribution in [0, 0.1) is 17.6 Å². The van der Waals surface area contributed by atoms with Gasteiger partial charge < -0.3 is 10.0 Å². The van der Waals surface area contributed by atoms with E-state index >= 15 is 0 Å². The zero-order valence-electron chi connectivity index (χ0n) is 12.0. The average Bonchev–Trinajstić information content (AvgIpc) is 2.84. The predicted molar refractivity (Wildman–Crippen MR) is 78.3 cm³/mol. The lowest BCUT2D eigenvalue weighted by molar-refractivity contribution is -0.131. The number of carbonyl (C=O) groups is 1. The highest BCUT2D eigenvalue weighted by atomic mass is 19.1. The van der Waals surface area contributed by atoms with Gasteiger partial charge in [-0.15, -0.1) is 0 Å². The van der Waals surface area contributed by atoms with Crippen LogP contribution in [0.1, 0.15) is 31.7 Å². The maximum absolute atomic E-state index is 14.1. The van der Waals surface area contributed by atoms with Gasteiger partial charge in [0.15, 0.2) is 0 Å². The third-order valence-corrected chi connectivity index (χ3v) is 3.76. The highest BCUT2D eigenvalue weighted by Crippen LogP contribution is 2.31. The summed E-state index contributed by atoms with van der Waals surface area (Å²) in [5.41, 5.74) is 0.210. The van der Waals surface area contributed by atoms with Crippen LogP contribution in [0.3, 0.4) is 0 Å². The molecule has 1 aliphatic heterocycles. The zero-order chi connectivity index (χ0) is 15.4. The molecule has 1 aromatic carbocycles. The molecular formula is C16H19F2NO2. The Morgan fingerprint density at radius 1 is 1.43 bits per heavy atom. The number of carboxylic acid groups (broad SMARTS) is 1. The van der Waals surface area contributed by atoms with E-state index in [1.165, 1.54) is 18.2 Å². The number of hydrogen-bond acceptors (Lipinski definition) is 2. The molecule has 0 saturated carbocycles. The molecule has 0 aliphatic carbocycles. The molecule has 1 fully saturated rings. The van der Waals surface area contributed by atoms with Crippen LogP contribution in [-0.2, 0) is 4.79 Å². The van der Waals surface area contributed by atoms with Gasteiger partial charge in [-0.25, -0.2) is 13.6 Å². The minimum Gasteiger partial charge on any atom is -0.478 e. The Kier molecular flexibility index (Phi) is 4.94. The molecule has 1 unspecified atom stereocenters. The van der Waals surface area contributed by atoms with E-state index in [4.69, 9.17) is 5.11 Å². The fourth-order valence-corrected chi connectivity index (χ4v) is 2.83. The maximum Gasteiger partial charge on any atom is 0.328 e. The van der Waals surface area contributed by atoms with E-state index in [0.717, 1.165) is 25.3 Å². The van der Waals surface area contributed by atoms with Crippen molar-refractivity contribution in [3.8, 4) is 0 Å². The number of halogens is 2. The van der Waals surface area contributed by atoms with Crippen molar-refractivity contribution >= 4 is 17.7 Å². The topological polar surface area (TPSA) is 40.5 Å². The summed E-state index contributed by atoms with van der Waals surface area (Å²) in [6, 6.07) is 2.34. The highest BCUT2D eigenvalue weighted by Gasteiger charge is 2.26. The van der Waals surface area contributed by atoms with Gasteiger partial charge in [0.05, 0.1) is 0 Å². The van der Waals surface area contributed by atoms with Crippen LogP contribution < -0.4 is 4.90 Å². The van der Waals surface area contributed by atoms with Crippen molar-refractivity contribution in [3.63, 3.8) is 0 Å². The molecule has 114 valence electrons. The van der Waals surface area contributed by atoms with Crippen molar-refractivity contribution in [2.45, 2.75) is 26.2 Å². The lowest BCUT2D eigenvalue weighted by Crippen LogP contribution is -2.22. The third kappa shape index (κ3) is 3.80. The lowest BCUT2D eigenvalue weighted by atomic mass is 10.0. The number of nitrogens with zero attached hydrogens (tertiary/aromatic N) is 1. The molecule has 1 aromatic rings. The first-order chi connectivity index (χ1) is 10.0. The fraction of sp³-hybridized carbons (Fsp3) is 0.438. The quantitative estimate of drug-likeness (QED) is 0.842. The fourth-order valence-electron chi connectivity index (χ4n) is 2.83. The molecule has 2 rings (SSSR count). The summed E-state index contributed by atoms with van der Waals surface area (Å²) < 4.78 is 28.3. The van der Waals surface area contributed by atoms with E-state index in [1.54, 1.807) is 4.90 Å². The average molecular weight is 295 g/mol. The number of hydrogen-bond donors (Lipinski definition) is 1. The summed E-state index contributed by atoms with van der Waals surface area (Å²) >= 11 is 0. The molecule has 5 heteroatoms. The maximum atomic E-state index is 14.1. The van der Waals surface area contributed by atoms with Crippen molar-refractivity contribution in [2.24, 2.45) is 5.92 Å². The van der Waals surface area contributed by atoms with E-state index in [1.807, 2.05) is 0 Å². The molecule has 1 atom stereocenters. The zero-order valence-corrected chi connectivity index (χ0v) is 12.0. The van der Waals surface area contributed by atoms with Gasteiger partial charge in [-0.1, -0.05) is 13.3 Å². The van der Waals surface area contributed by atoms with Gasteiger partial charge in [0.25, 0.3) is 0 Å². The Morgan fingerprint density at radius 3 is 2.67 bits per heavy atom. The van der Waals surface area contributed by atoms with E-state index in [0.29, 0.717) is 19.0 Å². The molecule has 1 N–H and O–H groups in total. The van der Waals surface area contributed by atoms with Crippen molar-refractivity contribution < 1.29 is 18.7 Å². The van der Waals surface area contributed by atoms with E-state index in [9.17, 15) is 13.6 Å². The molecule has 1 aliphatic rings. The number of aliphatic carboxylic acids is 1. The Balaban J connectivity index is 2.20. The molecule has 1 heterocycles. The Bertz CT molecular complexity index is 534. The van der Waals surface area contributed by atoms with Crippen LogP contribution in [0.2, 0.25) is 0 Å². The molecule has 0 amide bonds. The molecular weight excluding hydrogens is 276 g/mol. The van der Waals surface area contributed by atoms with E-state index in [-0.39, 0.29) is 11.3 Å². The molecule has 3 nitrogen and oxygen atoms in total. The van der Waals surface area contributed by atoms with Gasteiger partial charge in [-0.3, -0.25) is 0 Å². The van der Waals surface area contributed by atoms with Crippen LogP contribution in [-0.4, -0.2) is 24.2 Å². The molecule has 21 heavy (non-hydrogen) atoms. The Morgan fingerprint density at radius 2 is 2.10 bits per heavy atom. The minimum absolute atomic E-state index is 0.000998. The summed E-state index contributed by atoms with van der Waals surface area (Å²) in [5, 5.41) is 8.54. The monoisotopic (exact) mass is 295 g/mol. The Labute approximate surface area is 122 Å². The van der Waals surface area contributed by atoms with Crippen molar-refractivity contribution in [3.05, 3.63) is 35.4 Å². The number of rotatable bonds is 5. The Hall–Kier alpha value is -1.91. The highest BCUT2D eigenvalue weighted by molar-refractivity contribution is 5.85. The molecule has 0 bridgehead atoms. The summed E-state index contributed by atoms with van der Waals surface area (Å²) in [5.74, 6) is -1.95. The van der Waals surface area contributed by atoms with E-state index in [2.05, 4.69) is 6.92 Å². The smallest absolute Gasteiger partial charge is 0.328 e. The van der Waals surface area contributed by atoms with Crippen LogP contribution in [0.15, 0.2) is 18.2 Å². The van der Waals surface area contributed by atoms with Crippen molar-refractivity contribution in [2.75, 3.05) is 18.0 Å². The summed E-state index contributed by atoms with van der Waals surface area (Å²) in [7, 11) is 0. The molecule has 1 saturated heterocycles. The van der Waals surface area contributed by atoms with Gasteiger partial charge in [-0.05, 0) is 42.5 Å². The minimum atomic E-state index is -1.15. The molecule has 0 radical (unpaired) electrons. The summed E-state index contributed by atoms with van der Waals surface area (Å²) in [6.07, 6.45) is 5.14.